The number of ketones is 2. The zero-order valence-corrected chi connectivity index (χ0v) is 37.8. The minimum Gasteiger partial charge on any atom is -0.491 e. The maximum atomic E-state index is 13.5. The summed E-state index contributed by atoms with van der Waals surface area (Å²) in [6, 6.07) is 19.4. The van der Waals surface area contributed by atoms with E-state index >= 15 is 0 Å². The first-order chi connectivity index (χ1) is 31.0. The fourth-order valence-electron chi connectivity index (χ4n) is 8.37. The van der Waals surface area contributed by atoms with Crippen LogP contribution >= 0.6 is 22.9 Å². The number of amides is 2. The lowest BCUT2D eigenvalue weighted by Gasteiger charge is -2.29. The topological polar surface area (TPSA) is 164 Å². The van der Waals surface area contributed by atoms with Gasteiger partial charge in [-0.25, -0.2) is 0 Å². The quantitative estimate of drug-likeness (QED) is 0.0647. The molecule has 2 aromatic heterocycles. The van der Waals surface area contributed by atoms with Crippen molar-refractivity contribution in [2.75, 3.05) is 51.6 Å². The number of nitrogens with zero attached hydrogens (tertiary/aromatic N) is 5. The van der Waals surface area contributed by atoms with E-state index in [4.69, 9.17) is 35.5 Å². The maximum Gasteiger partial charge on any atom is 0.255 e. The first kappa shape index (κ1) is 45.0. The van der Waals surface area contributed by atoms with E-state index in [1.54, 1.807) is 40.5 Å². The third kappa shape index (κ3) is 10.2. The van der Waals surface area contributed by atoms with Gasteiger partial charge in [-0.05, 0) is 99.2 Å². The third-order valence-electron chi connectivity index (χ3n) is 11.8. The van der Waals surface area contributed by atoms with Crippen molar-refractivity contribution in [1.82, 2.24) is 19.7 Å². The zero-order chi connectivity index (χ0) is 44.7. The Bertz CT molecular complexity index is 2550. The molecule has 1 saturated carbocycles. The summed E-state index contributed by atoms with van der Waals surface area (Å²) in [6.45, 7) is 9.55. The Balaban J connectivity index is 0.712. The van der Waals surface area contributed by atoms with Crippen LogP contribution in [-0.4, -0.2) is 101 Å². The summed E-state index contributed by atoms with van der Waals surface area (Å²) in [5.41, 5.74) is 7.18. The number of anilines is 1. The van der Waals surface area contributed by atoms with Gasteiger partial charge >= 0.3 is 0 Å². The zero-order valence-electron chi connectivity index (χ0n) is 36.2. The summed E-state index contributed by atoms with van der Waals surface area (Å²) < 4.78 is 25.0. The molecule has 64 heavy (non-hydrogen) atoms. The van der Waals surface area contributed by atoms with Gasteiger partial charge in [0.15, 0.2) is 11.6 Å². The highest BCUT2D eigenvalue weighted by atomic mass is 35.5. The van der Waals surface area contributed by atoms with Gasteiger partial charge in [0.1, 0.15) is 35.0 Å². The molecule has 1 aliphatic carbocycles. The molecule has 1 N–H and O–H groups in total. The molecule has 2 aliphatic heterocycles. The number of ether oxygens (including phenoxy) is 4. The van der Waals surface area contributed by atoms with E-state index in [0.717, 1.165) is 57.2 Å². The van der Waals surface area contributed by atoms with E-state index in [2.05, 4.69) is 29.4 Å². The van der Waals surface area contributed by atoms with Gasteiger partial charge in [-0.2, -0.15) is 0 Å². The fraction of sp³-hybridized carbons (Fsp3) is 0.396. The summed E-state index contributed by atoms with van der Waals surface area (Å²) in [5, 5.41) is 13.5. The summed E-state index contributed by atoms with van der Waals surface area (Å²) >= 11 is 7.91. The Labute approximate surface area is 380 Å². The van der Waals surface area contributed by atoms with Crippen LogP contribution < -0.4 is 10.1 Å². The summed E-state index contributed by atoms with van der Waals surface area (Å²) in [4.78, 5) is 58.8. The predicted octanol–water partition coefficient (Wildman–Crippen LogP) is 7.54. The summed E-state index contributed by atoms with van der Waals surface area (Å²) in [6.07, 6.45) is 2.27. The smallest absolute Gasteiger partial charge is 0.255 e. The average Bonchev–Trinajstić information content (AvgIpc) is 3.90. The van der Waals surface area contributed by atoms with E-state index in [0.29, 0.717) is 93.5 Å². The number of carbonyl (C=O) groups is 4. The first-order valence-corrected chi connectivity index (χ1v) is 22.8. The Morgan fingerprint density at radius 2 is 1.59 bits per heavy atom. The van der Waals surface area contributed by atoms with Crippen LogP contribution in [0.25, 0.3) is 5.00 Å². The number of hydrogen-bond acceptors (Lipinski definition) is 12. The maximum absolute atomic E-state index is 13.5. The molecule has 14 nitrogen and oxygen atoms in total. The lowest BCUT2D eigenvalue weighted by Crippen LogP contribution is -2.44. The number of aromatic nitrogens is 3. The van der Waals surface area contributed by atoms with Crippen molar-refractivity contribution in [2.45, 2.75) is 77.9 Å². The number of rotatable bonds is 19. The SMILES string of the molecule is Cc1sc2c(c1C)C(c1ccc(Cl)cc1)=N[C@H](CC(=O)Nc1ccc(OCCOCCOCCOCCCc3cccc4c3CN(C3CCC(=O)CC3=O)C4=O)cc1)c1nnc(C)n1-2. The highest BCUT2D eigenvalue weighted by molar-refractivity contribution is 7.15. The van der Waals surface area contributed by atoms with Gasteiger partial charge in [0.25, 0.3) is 5.91 Å². The van der Waals surface area contributed by atoms with E-state index in [9.17, 15) is 19.2 Å². The number of carbonyl (C=O) groups excluding carboxylic acids is 4. The molecule has 0 radical (unpaired) electrons. The summed E-state index contributed by atoms with van der Waals surface area (Å²) in [5.74, 6) is 1.46. The standard InChI is InChI=1S/C48H51ClN6O8S/c1-29-30(2)64-48-44(29)45(33-9-11-34(49)12-10-33)51-40(46-53-52-31(3)55(46)48)27-43(58)50-35-13-16-37(17-14-35)63-25-24-62-23-22-61-21-20-60-19-5-7-32-6-4-8-38-39(32)28-54(47(38)59)41-18-15-36(56)26-42(41)57/h4,6,8-14,16-17,40-41H,5,7,15,18-28H2,1-3H3,(H,50,58)/t40-,41?/m1/s1. The molecule has 8 rings (SSSR count). The van der Waals surface area contributed by atoms with Crippen LogP contribution in [0.2, 0.25) is 5.02 Å². The van der Waals surface area contributed by atoms with Gasteiger partial charge in [0.2, 0.25) is 5.91 Å². The van der Waals surface area contributed by atoms with Crippen LogP contribution in [0.15, 0.2) is 71.7 Å². The number of halogens is 1. The van der Waals surface area contributed by atoms with Crippen LogP contribution in [0.4, 0.5) is 5.69 Å². The number of nitrogens with one attached hydrogen (secondary N) is 1. The Morgan fingerprint density at radius 3 is 2.33 bits per heavy atom. The molecule has 334 valence electrons. The molecule has 2 amide bonds. The predicted molar refractivity (Wildman–Crippen MR) is 243 cm³/mol. The lowest BCUT2D eigenvalue weighted by atomic mass is 9.92. The van der Waals surface area contributed by atoms with Crippen molar-refractivity contribution in [1.29, 1.82) is 0 Å². The van der Waals surface area contributed by atoms with Crippen molar-refractivity contribution >= 4 is 57.7 Å². The van der Waals surface area contributed by atoms with Gasteiger partial charge < -0.3 is 29.2 Å². The van der Waals surface area contributed by atoms with Crippen LogP contribution in [0.3, 0.4) is 0 Å². The second-order valence-corrected chi connectivity index (χ2v) is 17.7. The van der Waals surface area contributed by atoms with E-state index in [-0.39, 0.29) is 36.2 Å². The van der Waals surface area contributed by atoms with Crippen LogP contribution in [0.5, 0.6) is 5.75 Å². The summed E-state index contributed by atoms with van der Waals surface area (Å²) in [7, 11) is 0. The Hall–Kier alpha value is -5.58. The van der Waals surface area contributed by atoms with E-state index in [1.165, 1.54) is 4.88 Å². The molecular formula is C48H51ClN6O8S. The molecule has 0 bridgehead atoms. The van der Waals surface area contributed by atoms with Crippen molar-refractivity contribution < 1.29 is 38.1 Å². The molecule has 3 aliphatic rings. The molecule has 16 heteroatoms. The number of aliphatic imine (C=N–C) groups is 1. The van der Waals surface area contributed by atoms with Gasteiger partial charge in [0.05, 0.1) is 57.6 Å². The van der Waals surface area contributed by atoms with Crippen molar-refractivity contribution in [3.8, 4) is 10.8 Å². The number of fused-ring (bicyclic) bond motifs is 4. The van der Waals surface area contributed by atoms with Gasteiger partial charge in [-0.3, -0.25) is 28.7 Å². The van der Waals surface area contributed by atoms with Crippen LogP contribution in [-0.2, 0) is 41.6 Å². The Morgan fingerprint density at radius 1 is 0.875 bits per heavy atom. The van der Waals surface area contributed by atoms with Crippen LogP contribution in [0, 0.1) is 20.8 Å². The molecule has 3 aromatic carbocycles. The monoisotopic (exact) mass is 906 g/mol. The normalized spacial score (nSPS) is 16.9. The largest absolute Gasteiger partial charge is 0.491 e. The van der Waals surface area contributed by atoms with Crippen molar-refractivity contribution in [3.05, 3.63) is 122 Å². The van der Waals surface area contributed by atoms with Crippen molar-refractivity contribution in [2.24, 2.45) is 4.99 Å². The molecule has 5 aromatic rings. The minimum absolute atomic E-state index is 0.0484. The highest BCUT2D eigenvalue weighted by Gasteiger charge is 2.39. The first-order valence-electron chi connectivity index (χ1n) is 21.6. The third-order valence-corrected chi connectivity index (χ3v) is 13.2. The van der Waals surface area contributed by atoms with Crippen LogP contribution in [0.1, 0.15) is 92.8 Å². The lowest BCUT2D eigenvalue weighted by molar-refractivity contribution is -0.133. The molecule has 4 heterocycles. The number of thiophene rings is 1. The molecule has 0 saturated heterocycles. The number of Topliss-reactive ketones (excluding diaryl/α,β-unsaturated/α-hetero) is 2. The molecule has 1 fully saturated rings. The molecule has 2 atom stereocenters. The molecule has 1 unspecified atom stereocenters. The second kappa shape index (κ2) is 20.5. The Kier molecular flexibility index (Phi) is 14.4. The van der Waals surface area contributed by atoms with E-state index in [1.807, 2.05) is 54.0 Å². The van der Waals surface area contributed by atoms with Crippen molar-refractivity contribution in [3.63, 3.8) is 0 Å². The number of benzene rings is 3. The van der Waals surface area contributed by atoms with Gasteiger partial charge in [0, 0.05) is 51.8 Å². The second-order valence-electron chi connectivity index (χ2n) is 16.1. The molecule has 0 spiro atoms. The fourth-order valence-corrected chi connectivity index (χ4v) is 9.71. The highest BCUT2D eigenvalue weighted by Crippen LogP contribution is 2.40. The van der Waals surface area contributed by atoms with Gasteiger partial charge in [-0.15, -0.1) is 21.5 Å². The van der Waals surface area contributed by atoms with Gasteiger partial charge in [-0.1, -0.05) is 35.9 Å². The number of aryl methyl sites for hydroxylation is 3. The molecular weight excluding hydrogens is 856 g/mol. The average molecular weight is 907 g/mol. The number of hydrogen-bond donors (Lipinski definition) is 1. The van der Waals surface area contributed by atoms with E-state index < -0.39 is 12.1 Å². The minimum atomic E-state index is -0.577.